The van der Waals surface area contributed by atoms with Gasteiger partial charge in [-0.15, -0.1) is 11.6 Å². The quantitative estimate of drug-likeness (QED) is 0.773. The molecule has 1 N–H and O–H groups in total. The van der Waals surface area contributed by atoms with Gasteiger partial charge in [-0.25, -0.2) is 0 Å². The van der Waals surface area contributed by atoms with Gasteiger partial charge in [-0.2, -0.15) is 0 Å². The highest BCUT2D eigenvalue weighted by Gasteiger charge is 2.25. The second kappa shape index (κ2) is 6.65. The molecule has 0 atom stereocenters. The van der Waals surface area contributed by atoms with Gasteiger partial charge in [-0.3, -0.25) is 4.79 Å². The van der Waals surface area contributed by atoms with Crippen molar-refractivity contribution in [2.45, 2.75) is 26.7 Å². The maximum Gasteiger partial charge on any atom is 0.251 e. The molecule has 0 saturated carbocycles. The summed E-state index contributed by atoms with van der Waals surface area (Å²) in [5.41, 5.74) is 0.717. The molecule has 3 heteroatoms. The van der Waals surface area contributed by atoms with E-state index in [1.54, 1.807) is 0 Å². The monoisotopic (exact) mass is 253 g/mol. The molecule has 1 aromatic carbocycles. The van der Waals surface area contributed by atoms with Crippen molar-refractivity contribution in [2.24, 2.45) is 5.41 Å². The summed E-state index contributed by atoms with van der Waals surface area (Å²) >= 11 is 6.00. The molecule has 0 heterocycles. The van der Waals surface area contributed by atoms with Crippen LogP contribution < -0.4 is 5.32 Å². The maximum absolute atomic E-state index is 11.9. The van der Waals surface area contributed by atoms with Crippen molar-refractivity contribution < 1.29 is 4.79 Å². The number of hydrogen-bond acceptors (Lipinski definition) is 1. The first-order chi connectivity index (χ1) is 8.17. The van der Waals surface area contributed by atoms with Crippen LogP contribution in [0, 0.1) is 5.41 Å². The van der Waals surface area contributed by atoms with Gasteiger partial charge in [-0.05, 0) is 25.0 Å². The van der Waals surface area contributed by atoms with Crippen LogP contribution in [0.3, 0.4) is 0 Å². The van der Waals surface area contributed by atoms with Gasteiger partial charge >= 0.3 is 0 Å². The van der Waals surface area contributed by atoms with Gasteiger partial charge in [-0.1, -0.05) is 32.0 Å². The van der Waals surface area contributed by atoms with Crippen molar-refractivity contribution in [1.82, 2.24) is 5.32 Å². The van der Waals surface area contributed by atoms with Crippen LogP contribution in [0.5, 0.6) is 0 Å². The van der Waals surface area contributed by atoms with E-state index >= 15 is 0 Å². The highest BCUT2D eigenvalue weighted by atomic mass is 35.5. The number of nitrogens with one attached hydrogen (secondary N) is 1. The molecule has 1 aromatic rings. The van der Waals surface area contributed by atoms with E-state index < -0.39 is 0 Å². The number of rotatable bonds is 6. The van der Waals surface area contributed by atoms with Gasteiger partial charge < -0.3 is 5.32 Å². The largest absolute Gasteiger partial charge is 0.351 e. The second-order valence-electron chi connectivity index (χ2n) is 4.39. The van der Waals surface area contributed by atoms with E-state index in [1.165, 1.54) is 0 Å². The minimum absolute atomic E-state index is 0.0198. The van der Waals surface area contributed by atoms with Gasteiger partial charge in [0.05, 0.1) is 0 Å². The summed E-state index contributed by atoms with van der Waals surface area (Å²) in [6.07, 6.45) is 1.95. The summed E-state index contributed by atoms with van der Waals surface area (Å²) in [7, 11) is 0. The summed E-state index contributed by atoms with van der Waals surface area (Å²) in [5, 5.41) is 2.97. The van der Waals surface area contributed by atoms with Crippen molar-refractivity contribution in [3.63, 3.8) is 0 Å². The molecular formula is C14H20ClNO. The summed E-state index contributed by atoms with van der Waals surface area (Å²) in [6.45, 7) is 4.86. The molecule has 0 aliphatic carbocycles. The van der Waals surface area contributed by atoms with Crippen LogP contribution in [-0.2, 0) is 0 Å². The molecule has 1 rings (SSSR count). The molecular weight excluding hydrogens is 234 g/mol. The molecule has 0 aliphatic heterocycles. The van der Waals surface area contributed by atoms with Gasteiger partial charge in [0.2, 0.25) is 0 Å². The van der Waals surface area contributed by atoms with Gasteiger partial charge in [0.25, 0.3) is 5.91 Å². The molecule has 0 unspecified atom stereocenters. The lowest BCUT2D eigenvalue weighted by Gasteiger charge is -2.29. The molecule has 0 aliphatic rings. The van der Waals surface area contributed by atoms with Crippen LogP contribution in [0.4, 0.5) is 0 Å². The molecule has 1 amide bonds. The maximum atomic E-state index is 11.9. The molecule has 0 bridgehead atoms. The van der Waals surface area contributed by atoms with Crippen LogP contribution in [0.2, 0.25) is 0 Å². The van der Waals surface area contributed by atoms with Gasteiger partial charge in [0.1, 0.15) is 0 Å². The standard InChI is InChI=1S/C14H20ClNO/c1-3-14(4-2,10-15)11-16-13(17)12-8-6-5-7-9-12/h5-9H,3-4,10-11H2,1-2H3,(H,16,17). The Morgan fingerprint density at radius 2 is 1.82 bits per heavy atom. The summed E-state index contributed by atoms with van der Waals surface area (Å²) in [5.74, 6) is 0.553. The van der Waals surface area contributed by atoms with Gasteiger partial charge in [0, 0.05) is 23.4 Å². The molecule has 94 valence electrons. The average Bonchev–Trinajstić information content (AvgIpc) is 2.41. The topological polar surface area (TPSA) is 29.1 Å². The van der Waals surface area contributed by atoms with Crippen molar-refractivity contribution in [2.75, 3.05) is 12.4 Å². The molecule has 0 aromatic heterocycles. The van der Waals surface area contributed by atoms with Crippen molar-refractivity contribution in [3.8, 4) is 0 Å². The lowest BCUT2D eigenvalue weighted by atomic mass is 9.84. The zero-order valence-corrected chi connectivity index (χ0v) is 11.3. The highest BCUT2D eigenvalue weighted by Crippen LogP contribution is 2.26. The fourth-order valence-corrected chi connectivity index (χ4v) is 2.17. The van der Waals surface area contributed by atoms with E-state index in [2.05, 4.69) is 19.2 Å². The number of amides is 1. The Hall–Kier alpha value is -1.02. The number of alkyl halides is 1. The van der Waals surface area contributed by atoms with Crippen LogP contribution in [0.1, 0.15) is 37.0 Å². The smallest absolute Gasteiger partial charge is 0.251 e. The average molecular weight is 254 g/mol. The van der Waals surface area contributed by atoms with Crippen LogP contribution in [-0.4, -0.2) is 18.3 Å². The highest BCUT2D eigenvalue weighted by molar-refractivity contribution is 6.18. The molecule has 0 fully saturated rings. The first kappa shape index (κ1) is 14.0. The van der Waals surface area contributed by atoms with Crippen molar-refractivity contribution in [3.05, 3.63) is 35.9 Å². The minimum Gasteiger partial charge on any atom is -0.351 e. The first-order valence-corrected chi connectivity index (χ1v) is 6.60. The van der Waals surface area contributed by atoms with E-state index in [0.29, 0.717) is 18.0 Å². The van der Waals surface area contributed by atoms with E-state index in [-0.39, 0.29) is 11.3 Å². The third-order valence-corrected chi connectivity index (χ3v) is 4.01. The second-order valence-corrected chi connectivity index (χ2v) is 4.66. The summed E-state index contributed by atoms with van der Waals surface area (Å²) < 4.78 is 0. The third kappa shape index (κ3) is 3.74. The number of halogens is 1. The number of hydrogen-bond donors (Lipinski definition) is 1. The first-order valence-electron chi connectivity index (χ1n) is 6.06. The third-order valence-electron chi connectivity index (χ3n) is 3.44. The van der Waals surface area contributed by atoms with E-state index in [1.807, 2.05) is 30.3 Å². The Balaban J connectivity index is 2.59. The zero-order chi connectivity index (χ0) is 12.7. The predicted octanol–water partition coefficient (Wildman–Crippen LogP) is 3.46. The number of carbonyl (C=O) groups is 1. The summed E-state index contributed by atoms with van der Waals surface area (Å²) in [6, 6.07) is 9.26. The molecule has 17 heavy (non-hydrogen) atoms. The Kier molecular flexibility index (Phi) is 5.49. The molecule has 0 spiro atoms. The van der Waals surface area contributed by atoms with Gasteiger partial charge in [0.15, 0.2) is 0 Å². The lowest BCUT2D eigenvalue weighted by Crippen LogP contribution is -2.38. The number of benzene rings is 1. The Morgan fingerprint density at radius 3 is 2.29 bits per heavy atom. The minimum atomic E-state index is -0.0259. The number of carbonyl (C=O) groups excluding carboxylic acids is 1. The Bertz CT molecular complexity index is 338. The lowest BCUT2D eigenvalue weighted by molar-refractivity contribution is 0.0932. The van der Waals surface area contributed by atoms with Crippen LogP contribution >= 0.6 is 11.6 Å². The van der Waals surface area contributed by atoms with Crippen molar-refractivity contribution >= 4 is 17.5 Å². The normalized spacial score (nSPS) is 11.2. The zero-order valence-electron chi connectivity index (χ0n) is 10.5. The van der Waals surface area contributed by atoms with Crippen LogP contribution in [0.25, 0.3) is 0 Å². The van der Waals surface area contributed by atoms with Crippen molar-refractivity contribution in [1.29, 1.82) is 0 Å². The van der Waals surface area contributed by atoms with E-state index in [9.17, 15) is 4.79 Å². The Labute approximate surface area is 108 Å². The summed E-state index contributed by atoms with van der Waals surface area (Å²) in [4.78, 5) is 11.9. The van der Waals surface area contributed by atoms with E-state index in [4.69, 9.17) is 11.6 Å². The SMILES string of the molecule is CCC(CC)(CCl)CNC(=O)c1ccccc1. The molecule has 0 radical (unpaired) electrons. The molecule has 2 nitrogen and oxygen atoms in total. The fourth-order valence-electron chi connectivity index (χ4n) is 1.70. The van der Waals surface area contributed by atoms with Crippen LogP contribution in [0.15, 0.2) is 30.3 Å². The predicted molar refractivity (Wildman–Crippen MR) is 72.5 cm³/mol. The molecule has 0 saturated heterocycles. The fraction of sp³-hybridized carbons (Fsp3) is 0.500. The van der Waals surface area contributed by atoms with E-state index in [0.717, 1.165) is 12.8 Å². The Morgan fingerprint density at radius 1 is 1.24 bits per heavy atom.